The molecule has 9 atom stereocenters. The van der Waals surface area contributed by atoms with Crippen LogP contribution in [0.4, 0.5) is 0 Å². The van der Waals surface area contributed by atoms with Crippen molar-refractivity contribution < 1.29 is 38.6 Å². The van der Waals surface area contributed by atoms with Crippen LogP contribution in [0.2, 0.25) is 5.02 Å². The molecule has 10 heteroatoms. The van der Waals surface area contributed by atoms with Crippen LogP contribution < -0.4 is 0 Å². The number of carboxylic acids is 1. The van der Waals surface area contributed by atoms with Crippen LogP contribution >= 0.6 is 11.6 Å². The molecule has 1 N–H and O–H groups in total. The van der Waals surface area contributed by atoms with Crippen molar-refractivity contribution in [3.8, 4) is 0 Å². The van der Waals surface area contributed by atoms with Gasteiger partial charge in [-0.3, -0.25) is 19.2 Å². The van der Waals surface area contributed by atoms with Gasteiger partial charge in [0.2, 0.25) is 0 Å². The number of allylic oxidation sites excluding steroid dienone is 1. The summed E-state index contributed by atoms with van der Waals surface area (Å²) < 4.78 is 12.3. The summed E-state index contributed by atoms with van der Waals surface area (Å²) in [5.41, 5.74) is 0.723. The molecule has 0 radical (unpaired) electrons. The molecule has 1 unspecified atom stereocenters. The van der Waals surface area contributed by atoms with Gasteiger partial charge in [0.1, 0.15) is 12.2 Å². The van der Waals surface area contributed by atoms with Gasteiger partial charge in [0, 0.05) is 28.8 Å². The number of cyclic esters (lactones) is 1. The largest absolute Gasteiger partial charge is 0.481 e. The van der Waals surface area contributed by atoms with Gasteiger partial charge in [-0.15, -0.1) is 0 Å². The number of amides is 1. The summed E-state index contributed by atoms with van der Waals surface area (Å²) in [6, 6.07) is 7.30. The number of rotatable bonds is 8. The fourth-order valence-electron chi connectivity index (χ4n) is 13.8. The quantitative estimate of drug-likeness (QED) is 0.204. The monoisotopic (exact) mass is 791 g/mol. The Morgan fingerprint density at radius 3 is 2.25 bits per heavy atom. The average molecular weight is 792 g/mol. The zero-order valence-electron chi connectivity index (χ0n) is 34.9. The number of carboxylic acid groups (broad SMARTS) is 1. The van der Waals surface area contributed by atoms with Crippen molar-refractivity contribution in [1.82, 2.24) is 4.90 Å². The Labute approximate surface area is 337 Å². The number of benzene rings is 1. The fraction of sp³-hybridized carbons (Fsp3) is 0.717. The van der Waals surface area contributed by atoms with E-state index in [4.69, 9.17) is 21.1 Å². The molecule has 5 aliphatic carbocycles. The molecule has 5 fully saturated rings. The molecule has 1 aliphatic heterocycles. The second-order valence-corrected chi connectivity index (χ2v) is 21.2. The van der Waals surface area contributed by atoms with E-state index in [-0.39, 0.29) is 64.9 Å². The van der Waals surface area contributed by atoms with Crippen molar-refractivity contribution in [3.63, 3.8) is 0 Å². The Bertz CT molecular complexity index is 1870. The molecular formula is C46H62ClNO8. The number of nitrogens with zero attached hydrogens (tertiary/aromatic N) is 1. The average Bonchev–Trinajstić information content (AvgIpc) is 3.42. The van der Waals surface area contributed by atoms with E-state index in [1.807, 2.05) is 12.1 Å². The minimum atomic E-state index is -1.19. The molecule has 6 aliphatic rings. The molecule has 306 valence electrons. The number of ether oxygens (including phenoxy) is 2. The highest BCUT2D eigenvalue weighted by molar-refractivity contribution is 6.33. The summed E-state index contributed by atoms with van der Waals surface area (Å²) in [5, 5.41) is 10.2. The van der Waals surface area contributed by atoms with E-state index in [0.29, 0.717) is 23.3 Å². The van der Waals surface area contributed by atoms with Gasteiger partial charge in [-0.1, -0.05) is 72.2 Å². The number of carbonyl (C=O) groups excluding carboxylic acids is 4. The number of halogens is 1. The van der Waals surface area contributed by atoms with Crippen LogP contribution in [-0.2, 0) is 40.0 Å². The van der Waals surface area contributed by atoms with Crippen molar-refractivity contribution in [3.05, 3.63) is 46.0 Å². The van der Waals surface area contributed by atoms with Crippen LogP contribution in [0.15, 0.2) is 35.4 Å². The molecule has 0 spiro atoms. The zero-order chi connectivity index (χ0) is 41.0. The first kappa shape index (κ1) is 41.0. The molecular weight excluding hydrogens is 730 g/mol. The van der Waals surface area contributed by atoms with E-state index in [9.17, 15) is 29.1 Å². The maximum atomic E-state index is 14.3. The Kier molecular flexibility index (Phi) is 10.0. The van der Waals surface area contributed by atoms with Gasteiger partial charge in [0.15, 0.2) is 5.78 Å². The number of fused-ring (bicyclic) bond motifs is 7. The number of esters is 2. The standard InChI is InChI=1S/C46H62ClNO8/c1-26(2)36-30(49)22-46(34-25-48(38(51)39(52)56-34)24-27-10-12-28(47)13-11-27)21-20-44(8)29(37(36)46)14-15-32-43(7)18-17-33(55-35(50)23-41(3,4)40(53)54)42(5,6)31(43)16-19-45(32,44)9/h10-13,26,29,31-34H,14-25H2,1-9H3,(H,53,54)/t29-,31+,32-,33+,34+,43+,44-,45-,46?/m1/s1. The van der Waals surface area contributed by atoms with Crippen molar-refractivity contribution in [2.24, 2.45) is 56.2 Å². The van der Waals surface area contributed by atoms with E-state index in [0.717, 1.165) is 62.5 Å². The first-order valence-corrected chi connectivity index (χ1v) is 21.3. The van der Waals surface area contributed by atoms with Crippen molar-refractivity contribution in [2.75, 3.05) is 6.54 Å². The van der Waals surface area contributed by atoms with Crippen LogP contribution in [0.1, 0.15) is 132 Å². The lowest BCUT2D eigenvalue weighted by Crippen LogP contribution is -2.66. The molecule has 1 amide bonds. The van der Waals surface area contributed by atoms with E-state index < -0.39 is 40.7 Å². The minimum absolute atomic E-state index is 0.00441. The number of carbonyl (C=O) groups is 5. The number of morpholine rings is 1. The van der Waals surface area contributed by atoms with Gasteiger partial charge >= 0.3 is 23.8 Å². The number of hydrogen-bond donors (Lipinski definition) is 1. The van der Waals surface area contributed by atoms with E-state index >= 15 is 0 Å². The number of Topliss-reactive ketones (excluding diaryl/α,β-unsaturated/α-hetero) is 1. The third kappa shape index (κ3) is 6.09. The summed E-state index contributed by atoms with van der Waals surface area (Å²) in [5.74, 6) is -1.90. The lowest BCUT2D eigenvalue weighted by molar-refractivity contribution is -0.236. The molecule has 1 aromatic carbocycles. The van der Waals surface area contributed by atoms with Gasteiger partial charge in [-0.25, -0.2) is 4.79 Å². The molecule has 1 aromatic rings. The molecule has 1 saturated heterocycles. The summed E-state index contributed by atoms with van der Waals surface area (Å²) in [6.07, 6.45) is 6.52. The number of hydrogen-bond acceptors (Lipinski definition) is 7. The first-order chi connectivity index (χ1) is 26.0. The Morgan fingerprint density at radius 2 is 1.61 bits per heavy atom. The van der Waals surface area contributed by atoms with Crippen molar-refractivity contribution in [2.45, 2.75) is 145 Å². The Hall–Kier alpha value is -3.20. The van der Waals surface area contributed by atoms with Gasteiger partial charge in [-0.05, 0) is 134 Å². The van der Waals surface area contributed by atoms with E-state index in [1.165, 1.54) is 5.57 Å². The van der Waals surface area contributed by atoms with Gasteiger partial charge < -0.3 is 19.5 Å². The van der Waals surface area contributed by atoms with Gasteiger partial charge in [0.05, 0.1) is 18.4 Å². The Morgan fingerprint density at radius 1 is 0.929 bits per heavy atom. The second-order valence-electron chi connectivity index (χ2n) is 20.8. The first-order valence-electron chi connectivity index (χ1n) is 21.0. The normalized spacial score (nSPS) is 38.0. The second kappa shape index (κ2) is 13.7. The molecule has 56 heavy (non-hydrogen) atoms. The van der Waals surface area contributed by atoms with E-state index in [2.05, 4.69) is 48.5 Å². The molecule has 9 nitrogen and oxygen atoms in total. The zero-order valence-corrected chi connectivity index (χ0v) is 35.6. The predicted molar refractivity (Wildman–Crippen MR) is 212 cm³/mol. The van der Waals surface area contributed by atoms with Crippen LogP contribution in [-0.4, -0.2) is 58.4 Å². The highest BCUT2D eigenvalue weighted by Gasteiger charge is 2.71. The summed E-state index contributed by atoms with van der Waals surface area (Å²) >= 11 is 6.14. The van der Waals surface area contributed by atoms with Crippen LogP contribution in [0.5, 0.6) is 0 Å². The topological polar surface area (TPSA) is 127 Å². The molecule has 4 saturated carbocycles. The number of aliphatic carboxylic acids is 1. The highest BCUT2D eigenvalue weighted by Crippen LogP contribution is 2.77. The lowest BCUT2D eigenvalue weighted by Gasteiger charge is -2.72. The molecule has 0 bridgehead atoms. The summed E-state index contributed by atoms with van der Waals surface area (Å²) in [4.78, 5) is 67.5. The van der Waals surface area contributed by atoms with Gasteiger partial charge in [-0.2, -0.15) is 0 Å². The third-order valence-electron chi connectivity index (χ3n) is 16.9. The van der Waals surface area contributed by atoms with Crippen LogP contribution in [0.3, 0.4) is 0 Å². The summed E-state index contributed by atoms with van der Waals surface area (Å²) in [6.45, 7) is 19.8. The van der Waals surface area contributed by atoms with Crippen LogP contribution in [0.25, 0.3) is 0 Å². The van der Waals surface area contributed by atoms with Crippen molar-refractivity contribution >= 4 is 41.2 Å². The smallest absolute Gasteiger partial charge is 0.397 e. The van der Waals surface area contributed by atoms with Crippen LogP contribution in [0, 0.1) is 56.2 Å². The maximum Gasteiger partial charge on any atom is 0.397 e. The van der Waals surface area contributed by atoms with Crippen molar-refractivity contribution in [1.29, 1.82) is 0 Å². The summed E-state index contributed by atoms with van der Waals surface area (Å²) in [7, 11) is 0. The highest BCUT2D eigenvalue weighted by atomic mass is 35.5. The lowest BCUT2D eigenvalue weighted by atomic mass is 9.33. The SMILES string of the molecule is CC(C)C1=C2[C@H]3CC[C@@H]4[C@@]5(C)CC[C@H](OC(=O)CC(C)(C)C(=O)O)C(C)(C)[C@@H]5CC[C@@]4(C)[C@]3(C)CCC2([C@@H]2CN(Cc3ccc(Cl)cc3)C(=O)C(=O)O2)CC1=O. The molecule has 7 rings (SSSR count). The molecule has 0 aromatic heterocycles. The molecule has 1 heterocycles. The third-order valence-corrected chi connectivity index (χ3v) is 17.1. The Balaban J connectivity index is 1.19. The minimum Gasteiger partial charge on any atom is -0.481 e. The van der Waals surface area contributed by atoms with Gasteiger partial charge in [0.25, 0.3) is 0 Å². The number of ketones is 1. The van der Waals surface area contributed by atoms with E-state index in [1.54, 1.807) is 30.9 Å². The fourth-order valence-corrected chi connectivity index (χ4v) is 13.9. The maximum absolute atomic E-state index is 14.3. The predicted octanol–water partition coefficient (Wildman–Crippen LogP) is 8.99.